The highest BCUT2D eigenvalue weighted by Crippen LogP contribution is 2.38. The van der Waals surface area contributed by atoms with E-state index in [1.165, 1.54) is 12.1 Å². The van der Waals surface area contributed by atoms with Crippen LogP contribution in [0.1, 0.15) is 12.5 Å². The van der Waals surface area contributed by atoms with Gasteiger partial charge in [0.05, 0.1) is 4.92 Å². The Hall–Kier alpha value is -1.69. The molecular weight excluding hydrogens is 218 g/mol. The Balaban J connectivity index is 2.87. The van der Waals surface area contributed by atoms with Crippen molar-refractivity contribution in [1.29, 1.82) is 0 Å². The summed E-state index contributed by atoms with van der Waals surface area (Å²) in [5.41, 5.74) is 0.596. The first-order chi connectivity index (χ1) is 6.93. The number of rotatable bonds is 1. The topological polar surface area (TPSA) is 77.3 Å². The van der Waals surface area contributed by atoms with Crippen molar-refractivity contribution < 1.29 is 13.3 Å². The van der Waals surface area contributed by atoms with Crippen LogP contribution in [0.5, 0.6) is 0 Å². The fourth-order valence-corrected chi connectivity index (χ4v) is 3.31. The highest BCUT2D eigenvalue weighted by molar-refractivity contribution is 7.95. The largest absolute Gasteiger partial charge is 0.288 e. The second-order valence-corrected chi connectivity index (χ2v) is 4.99. The summed E-state index contributed by atoms with van der Waals surface area (Å²) in [6.45, 7) is 1.62. The molecule has 2 rings (SSSR count). The number of sulfone groups is 1. The first kappa shape index (κ1) is 9.85. The van der Waals surface area contributed by atoms with E-state index in [1.54, 1.807) is 13.0 Å². The molecule has 0 saturated heterocycles. The Labute approximate surface area is 86.1 Å². The van der Waals surface area contributed by atoms with Gasteiger partial charge in [-0.3, -0.25) is 10.1 Å². The lowest BCUT2D eigenvalue weighted by Gasteiger charge is -2.00. The number of nitro groups is 1. The van der Waals surface area contributed by atoms with E-state index in [2.05, 4.69) is 0 Å². The van der Waals surface area contributed by atoms with Gasteiger partial charge >= 0.3 is 0 Å². The van der Waals surface area contributed by atoms with Gasteiger partial charge in [0.2, 0.25) is 9.84 Å². The molecule has 1 heterocycles. The van der Waals surface area contributed by atoms with Crippen molar-refractivity contribution in [3.63, 3.8) is 0 Å². The molecule has 0 atom stereocenters. The van der Waals surface area contributed by atoms with Crippen LogP contribution >= 0.6 is 0 Å². The van der Waals surface area contributed by atoms with Gasteiger partial charge in [0.15, 0.2) is 4.90 Å². The lowest BCUT2D eigenvalue weighted by atomic mass is 10.1. The van der Waals surface area contributed by atoms with Gasteiger partial charge in [-0.2, -0.15) is 0 Å². The zero-order chi connectivity index (χ0) is 11.2. The molecule has 0 N–H and O–H groups in total. The van der Waals surface area contributed by atoms with E-state index in [9.17, 15) is 18.5 Å². The second kappa shape index (κ2) is 2.90. The quantitative estimate of drug-likeness (QED) is 0.538. The lowest BCUT2D eigenvalue weighted by molar-refractivity contribution is -0.387. The number of hydrogen-bond acceptors (Lipinski definition) is 4. The highest BCUT2D eigenvalue weighted by atomic mass is 32.2. The third-order valence-electron chi connectivity index (χ3n) is 2.23. The van der Waals surface area contributed by atoms with Crippen LogP contribution in [0.4, 0.5) is 5.69 Å². The van der Waals surface area contributed by atoms with Crippen LogP contribution in [0.2, 0.25) is 0 Å². The fraction of sp³-hybridized carbons (Fsp3) is 0.111. The summed E-state index contributed by atoms with van der Waals surface area (Å²) >= 11 is 0. The minimum absolute atomic E-state index is 0.187. The average molecular weight is 225 g/mol. The van der Waals surface area contributed by atoms with Crippen molar-refractivity contribution in [1.82, 2.24) is 0 Å². The molecule has 0 saturated carbocycles. The minimum Gasteiger partial charge on any atom is -0.258 e. The van der Waals surface area contributed by atoms with E-state index in [0.29, 0.717) is 11.1 Å². The van der Waals surface area contributed by atoms with Crippen LogP contribution in [0.15, 0.2) is 28.5 Å². The summed E-state index contributed by atoms with van der Waals surface area (Å²) in [6.07, 6.45) is 0. The molecule has 78 valence electrons. The van der Waals surface area contributed by atoms with Gasteiger partial charge in [0.25, 0.3) is 5.69 Å². The normalized spacial score (nSPS) is 17.0. The molecule has 1 aliphatic rings. The molecule has 0 bridgehead atoms. The Morgan fingerprint density at radius 2 is 2.00 bits per heavy atom. The molecule has 1 aliphatic heterocycles. The zero-order valence-electron chi connectivity index (χ0n) is 7.80. The molecular formula is C9H7NO4S. The van der Waals surface area contributed by atoms with E-state index in [4.69, 9.17) is 0 Å². The Morgan fingerprint density at radius 1 is 1.33 bits per heavy atom. The average Bonchev–Trinajstić information content (AvgIpc) is 2.37. The standard InChI is InChI=1S/C9H7NO4S/c1-6-5-15(13,14)9-7(6)3-2-4-8(9)10(11)12/h2-5H,1H3. The van der Waals surface area contributed by atoms with Crippen LogP contribution in [0.25, 0.3) is 5.57 Å². The van der Waals surface area contributed by atoms with Crippen molar-refractivity contribution in [2.45, 2.75) is 11.8 Å². The van der Waals surface area contributed by atoms with Crippen LogP contribution in [0, 0.1) is 10.1 Å². The molecule has 15 heavy (non-hydrogen) atoms. The Kier molecular flexibility index (Phi) is 1.90. The summed E-state index contributed by atoms with van der Waals surface area (Å²) in [5, 5.41) is 11.7. The van der Waals surface area contributed by atoms with Crippen LogP contribution in [-0.2, 0) is 9.84 Å². The predicted octanol–water partition coefficient (Wildman–Crippen LogP) is 1.74. The van der Waals surface area contributed by atoms with E-state index in [1.807, 2.05) is 0 Å². The lowest BCUT2D eigenvalue weighted by Crippen LogP contribution is -2.00. The molecule has 1 aromatic rings. The Bertz CT molecular complexity index is 586. The molecule has 0 amide bonds. The number of fused-ring (bicyclic) bond motifs is 1. The SMILES string of the molecule is CC1=CS(=O)(=O)c2c1cccc2[N+](=O)[O-]. The second-order valence-electron chi connectivity index (χ2n) is 3.26. The van der Waals surface area contributed by atoms with Crippen LogP contribution < -0.4 is 0 Å². The first-order valence-electron chi connectivity index (χ1n) is 4.14. The third kappa shape index (κ3) is 1.33. The van der Waals surface area contributed by atoms with E-state index >= 15 is 0 Å². The summed E-state index contributed by atoms with van der Waals surface area (Å²) in [5.74, 6) is 0. The Morgan fingerprint density at radius 3 is 2.60 bits per heavy atom. The summed E-state index contributed by atoms with van der Waals surface area (Å²) in [7, 11) is -3.63. The molecule has 0 spiro atoms. The molecule has 6 heteroatoms. The van der Waals surface area contributed by atoms with Crippen molar-refractivity contribution in [2.24, 2.45) is 0 Å². The zero-order valence-corrected chi connectivity index (χ0v) is 8.61. The number of nitro benzene ring substituents is 1. The van der Waals surface area contributed by atoms with Gasteiger partial charge in [0, 0.05) is 17.0 Å². The van der Waals surface area contributed by atoms with E-state index in [-0.39, 0.29) is 10.6 Å². The fourth-order valence-electron chi connectivity index (χ4n) is 1.63. The van der Waals surface area contributed by atoms with Crippen molar-refractivity contribution in [2.75, 3.05) is 0 Å². The van der Waals surface area contributed by atoms with Crippen molar-refractivity contribution in [3.8, 4) is 0 Å². The van der Waals surface area contributed by atoms with E-state index in [0.717, 1.165) is 5.41 Å². The van der Waals surface area contributed by atoms with Gasteiger partial charge < -0.3 is 0 Å². The predicted molar refractivity (Wildman–Crippen MR) is 53.9 cm³/mol. The van der Waals surface area contributed by atoms with Crippen molar-refractivity contribution >= 4 is 21.1 Å². The molecule has 0 fully saturated rings. The summed E-state index contributed by atoms with van der Waals surface area (Å²) in [4.78, 5) is 9.81. The maximum Gasteiger partial charge on any atom is 0.288 e. The number of hydrogen-bond donors (Lipinski definition) is 0. The van der Waals surface area contributed by atoms with Crippen LogP contribution in [0.3, 0.4) is 0 Å². The van der Waals surface area contributed by atoms with Crippen molar-refractivity contribution in [3.05, 3.63) is 39.3 Å². The molecule has 0 aromatic heterocycles. The minimum atomic E-state index is -3.63. The van der Waals surface area contributed by atoms with Gasteiger partial charge in [-0.1, -0.05) is 12.1 Å². The molecule has 5 nitrogen and oxygen atoms in total. The smallest absolute Gasteiger partial charge is 0.258 e. The molecule has 0 radical (unpaired) electrons. The summed E-state index contributed by atoms with van der Waals surface area (Å²) < 4.78 is 23.2. The van der Waals surface area contributed by atoms with Gasteiger partial charge in [0.1, 0.15) is 0 Å². The maximum absolute atomic E-state index is 11.6. The molecule has 0 unspecified atom stereocenters. The molecule has 1 aromatic carbocycles. The monoisotopic (exact) mass is 225 g/mol. The molecule has 0 aliphatic carbocycles. The first-order valence-corrected chi connectivity index (χ1v) is 5.69. The maximum atomic E-state index is 11.6. The number of nitrogens with zero attached hydrogens (tertiary/aromatic N) is 1. The number of allylic oxidation sites excluding steroid dienone is 1. The highest BCUT2D eigenvalue weighted by Gasteiger charge is 2.32. The number of benzene rings is 1. The summed E-state index contributed by atoms with van der Waals surface area (Å²) in [6, 6.07) is 4.25. The third-order valence-corrected chi connectivity index (χ3v) is 3.89. The van der Waals surface area contributed by atoms with Gasteiger partial charge in [-0.15, -0.1) is 0 Å². The van der Waals surface area contributed by atoms with E-state index < -0.39 is 14.8 Å². The van der Waals surface area contributed by atoms with Gasteiger partial charge in [-0.25, -0.2) is 8.42 Å². The van der Waals surface area contributed by atoms with Crippen LogP contribution in [-0.4, -0.2) is 13.3 Å². The van der Waals surface area contributed by atoms with Gasteiger partial charge in [-0.05, 0) is 12.5 Å².